The highest BCUT2D eigenvalue weighted by atomic mass is 35.5. The molecule has 2 aliphatic rings. The van der Waals surface area contributed by atoms with Gasteiger partial charge in [-0.2, -0.15) is 0 Å². The summed E-state index contributed by atoms with van der Waals surface area (Å²) in [7, 11) is -1.23. The summed E-state index contributed by atoms with van der Waals surface area (Å²) in [6.07, 6.45) is 4.57. The maximum atomic E-state index is 13.3. The number of ether oxygens (including phenoxy) is 6. The molecule has 2 amide bonds. The predicted octanol–water partition coefficient (Wildman–Crippen LogP) is 8.84. The number of likely N-dealkylation sites (N-methyl/N-ethyl adjacent to an activating group) is 2. The van der Waals surface area contributed by atoms with E-state index in [-0.39, 0.29) is 52.3 Å². The number of nitrogens with zero attached hydrogens (tertiary/aromatic N) is 3. The van der Waals surface area contributed by atoms with Gasteiger partial charge >= 0.3 is 6.03 Å². The van der Waals surface area contributed by atoms with Crippen LogP contribution in [-0.2, 0) is 66.2 Å². The van der Waals surface area contributed by atoms with E-state index in [9.17, 15) is 26.4 Å². The molecule has 4 aromatic rings. The van der Waals surface area contributed by atoms with Crippen molar-refractivity contribution < 1.29 is 54.8 Å². The number of urea groups is 1. The predicted molar refractivity (Wildman–Crippen MR) is 331 cm³/mol. The van der Waals surface area contributed by atoms with Crippen LogP contribution in [0.3, 0.4) is 0 Å². The van der Waals surface area contributed by atoms with Gasteiger partial charge in [0.1, 0.15) is 5.78 Å². The Morgan fingerprint density at radius 3 is 1.58 bits per heavy atom. The summed E-state index contributed by atoms with van der Waals surface area (Å²) >= 11 is 25.8. The van der Waals surface area contributed by atoms with E-state index in [4.69, 9.17) is 74.8 Å². The fourth-order valence-corrected chi connectivity index (χ4v) is 13.7. The van der Waals surface area contributed by atoms with Crippen molar-refractivity contribution in [1.82, 2.24) is 30.1 Å². The van der Waals surface area contributed by atoms with Crippen molar-refractivity contribution in [2.24, 2.45) is 0 Å². The molecule has 2 atom stereocenters. The van der Waals surface area contributed by atoms with Gasteiger partial charge in [-0.1, -0.05) is 70.7 Å². The number of amides is 2. The zero-order valence-electron chi connectivity index (χ0n) is 48.7. The minimum atomic E-state index is -3.78. The van der Waals surface area contributed by atoms with Crippen molar-refractivity contribution in [3.63, 3.8) is 0 Å². The molecule has 466 valence electrons. The van der Waals surface area contributed by atoms with E-state index in [2.05, 4.69) is 30.1 Å². The lowest BCUT2D eigenvalue weighted by Gasteiger charge is -2.33. The zero-order chi connectivity index (χ0) is 60.3. The smallest absolute Gasteiger partial charge is 0.314 e. The summed E-state index contributed by atoms with van der Waals surface area (Å²) in [6.45, 7) is 9.63. The maximum absolute atomic E-state index is 13.3. The van der Waals surface area contributed by atoms with E-state index >= 15 is 0 Å². The molecular weight excluding hydrogens is 1200 g/mol. The molecular formula is C60H84Cl4N6O12S2. The molecule has 0 unspecified atom stereocenters. The molecule has 0 aliphatic carbocycles. The van der Waals surface area contributed by atoms with Gasteiger partial charge in [-0.3, -0.25) is 4.79 Å². The average Bonchev–Trinajstić information content (AvgIpc) is 3.05. The van der Waals surface area contributed by atoms with Crippen molar-refractivity contribution in [2.75, 3.05) is 152 Å². The highest BCUT2D eigenvalue weighted by molar-refractivity contribution is 7.91. The number of benzene rings is 4. The Bertz CT molecular complexity index is 2740. The summed E-state index contributed by atoms with van der Waals surface area (Å²) < 4.78 is 88.9. The topological polar surface area (TPSA) is 204 Å². The maximum Gasteiger partial charge on any atom is 0.314 e. The molecule has 84 heavy (non-hydrogen) atoms. The highest BCUT2D eigenvalue weighted by Gasteiger charge is 2.30. The molecule has 4 aromatic carbocycles. The quantitative estimate of drug-likeness (QED) is 0.0356. The van der Waals surface area contributed by atoms with Crippen LogP contribution in [0.5, 0.6) is 0 Å². The van der Waals surface area contributed by atoms with Gasteiger partial charge in [-0.25, -0.2) is 26.4 Å². The van der Waals surface area contributed by atoms with Gasteiger partial charge in [0.05, 0.1) is 81.6 Å². The molecule has 0 bridgehead atoms. The second kappa shape index (κ2) is 36.7. The van der Waals surface area contributed by atoms with Crippen LogP contribution in [0.15, 0.2) is 82.6 Å². The number of sulfone groups is 1. The van der Waals surface area contributed by atoms with E-state index in [1.165, 1.54) is 0 Å². The number of unbranched alkanes of at least 4 members (excludes halogenated alkanes) is 1. The van der Waals surface area contributed by atoms with Gasteiger partial charge in [0.2, 0.25) is 10.0 Å². The number of nitrogens with one attached hydrogen (secondary N) is 3. The third-order valence-electron chi connectivity index (χ3n) is 14.4. The fraction of sp³-hybridized carbons (Fsp3) is 0.567. The molecule has 2 heterocycles. The molecule has 0 saturated carbocycles. The number of Topliss-reactive ketones (excluding diaryl/α,β-unsaturated/α-hetero) is 1. The summed E-state index contributed by atoms with van der Waals surface area (Å²) in [5.41, 5.74) is 5.81. The first kappa shape index (κ1) is 69.6. The minimum Gasteiger partial charge on any atom is -0.379 e. The van der Waals surface area contributed by atoms with Crippen LogP contribution in [0.25, 0.3) is 0 Å². The first-order valence-electron chi connectivity index (χ1n) is 28.8. The van der Waals surface area contributed by atoms with E-state index < -0.39 is 19.9 Å². The van der Waals surface area contributed by atoms with Crippen LogP contribution in [0, 0.1) is 0 Å². The summed E-state index contributed by atoms with van der Waals surface area (Å²) in [6, 6.07) is 21.2. The summed E-state index contributed by atoms with van der Waals surface area (Å²) in [5.74, 6) is 0.0644. The van der Waals surface area contributed by atoms with Crippen LogP contribution in [-0.4, -0.2) is 195 Å². The Hall–Kier alpha value is -3.52. The molecule has 0 aromatic heterocycles. The Morgan fingerprint density at radius 2 is 1.01 bits per heavy atom. The van der Waals surface area contributed by atoms with Gasteiger partial charge in [0.15, 0.2) is 9.84 Å². The van der Waals surface area contributed by atoms with Crippen molar-refractivity contribution in [3.05, 3.63) is 126 Å². The number of halogens is 4. The lowest BCUT2D eigenvalue weighted by Crippen LogP contribution is -2.38. The van der Waals surface area contributed by atoms with Gasteiger partial charge in [0, 0.05) is 104 Å². The Balaban J connectivity index is 0.661. The monoisotopic (exact) mass is 1280 g/mol. The van der Waals surface area contributed by atoms with Crippen molar-refractivity contribution in [1.29, 1.82) is 0 Å². The first-order chi connectivity index (χ1) is 40.4. The van der Waals surface area contributed by atoms with E-state index in [0.717, 1.165) is 72.3 Å². The van der Waals surface area contributed by atoms with Crippen LogP contribution >= 0.6 is 46.4 Å². The molecule has 0 radical (unpaired) electrons. The van der Waals surface area contributed by atoms with Gasteiger partial charge < -0.3 is 53.8 Å². The molecule has 0 saturated heterocycles. The number of carbonyl (C=O) groups excluding carboxylic acids is 2. The molecule has 2 aliphatic heterocycles. The number of sulfonamides is 1. The fourth-order valence-electron chi connectivity index (χ4n) is 10.1. The van der Waals surface area contributed by atoms with Gasteiger partial charge in [0.25, 0.3) is 0 Å². The number of hydrogen-bond acceptors (Lipinski definition) is 15. The highest BCUT2D eigenvalue weighted by Crippen LogP contribution is 2.40. The standard InChI is InChI=1S/C60H84Cl4N6O12S2/c1-68(20-5-4-13-49(71)14-8-22-77-26-30-81-31-27-78-23-10-34-83(73,74)50-15-6-11-45(35-50)54-41-69(2)43-56-52(54)37-47(61)39-58(56)63)21-9-17-65-60(72)66-18-24-79-28-32-82-33-29-80-25-19-67-84(75,76)51-16-7-12-46(36-51)55-42-70(3)44-57-53(55)38-48(62)40-59(57)64/h6-7,11-12,15-16,35-40,54-55,67H,4-5,8-10,13-14,17-34,41-44H2,1-3H3,(H2,65,66,72)/t54-,55-/m0/s1. The molecule has 24 heteroatoms. The molecule has 6 rings (SSSR count). The van der Waals surface area contributed by atoms with E-state index in [1.807, 2.05) is 45.4 Å². The largest absolute Gasteiger partial charge is 0.379 e. The zero-order valence-corrected chi connectivity index (χ0v) is 53.3. The normalized spacial score (nSPS) is 15.8. The lowest BCUT2D eigenvalue weighted by atomic mass is 9.85. The van der Waals surface area contributed by atoms with Crippen LogP contribution in [0.1, 0.15) is 90.2 Å². The second-order valence-corrected chi connectivity index (χ2v) is 26.8. The number of hydrogen-bond donors (Lipinski definition) is 3. The summed E-state index contributed by atoms with van der Waals surface area (Å²) in [5, 5.41) is 7.97. The molecule has 0 spiro atoms. The Kier molecular flexibility index (Phi) is 30.4. The van der Waals surface area contributed by atoms with Crippen LogP contribution < -0.4 is 15.4 Å². The van der Waals surface area contributed by atoms with Crippen molar-refractivity contribution >= 4 is 78.1 Å². The number of carbonyl (C=O) groups is 2. The van der Waals surface area contributed by atoms with E-state index in [1.54, 1.807) is 48.5 Å². The average molecular weight is 1290 g/mol. The second-order valence-electron chi connectivity index (χ2n) is 21.2. The van der Waals surface area contributed by atoms with Gasteiger partial charge in [-0.05, 0) is 148 Å². The van der Waals surface area contributed by atoms with Crippen molar-refractivity contribution in [2.45, 2.75) is 79.7 Å². The van der Waals surface area contributed by atoms with Crippen LogP contribution in [0.4, 0.5) is 4.79 Å². The van der Waals surface area contributed by atoms with E-state index in [0.29, 0.717) is 151 Å². The number of fused-ring (bicyclic) bond motifs is 2. The van der Waals surface area contributed by atoms with Gasteiger partial charge in [-0.15, -0.1) is 0 Å². The molecule has 18 nitrogen and oxygen atoms in total. The number of ketones is 1. The molecule has 3 N–H and O–H groups in total. The van der Waals surface area contributed by atoms with Crippen LogP contribution in [0.2, 0.25) is 20.1 Å². The summed E-state index contributed by atoms with van der Waals surface area (Å²) in [4.78, 5) is 31.6. The lowest BCUT2D eigenvalue weighted by molar-refractivity contribution is -0.119. The Labute approximate surface area is 517 Å². The number of rotatable bonds is 40. The molecule has 0 fully saturated rings. The van der Waals surface area contributed by atoms with Crippen molar-refractivity contribution in [3.8, 4) is 0 Å². The third-order valence-corrected chi connectivity index (χ3v) is 18.8. The first-order valence-corrected chi connectivity index (χ1v) is 33.5. The third kappa shape index (κ3) is 23.9. The SMILES string of the molecule is CN(CCCCC(=O)CCCOCCOCCOCCCS(=O)(=O)c1cccc([C@@H]2CN(C)Cc3c(Cl)cc(Cl)cc32)c1)CCCNC(=O)NCCOCCOCCOCCNS(=O)(=O)c1cccc([C@@H]2CN(C)Cc3c(Cl)cc(Cl)cc32)c1. The minimum absolute atomic E-state index is 0.0278. The Morgan fingerprint density at radius 1 is 0.548 bits per heavy atom.